The molecule has 1 heterocycles. The van der Waals surface area contributed by atoms with Gasteiger partial charge in [0.25, 0.3) is 0 Å². The average Bonchev–Trinajstić information content (AvgIpc) is 2.50. The first-order chi connectivity index (χ1) is 10.2. The molecule has 4 heteroatoms. The van der Waals surface area contributed by atoms with Crippen molar-refractivity contribution in [1.29, 1.82) is 0 Å². The van der Waals surface area contributed by atoms with Crippen molar-refractivity contribution in [3.63, 3.8) is 0 Å². The quantitative estimate of drug-likeness (QED) is 0.942. The molecule has 1 fully saturated rings. The van der Waals surface area contributed by atoms with Crippen molar-refractivity contribution < 1.29 is 14.2 Å². The third kappa shape index (κ3) is 3.29. The summed E-state index contributed by atoms with van der Waals surface area (Å²) in [5.74, 6) is -0.278. The van der Waals surface area contributed by atoms with Gasteiger partial charge in [0, 0.05) is 13.1 Å². The molecule has 0 saturated carbocycles. The maximum absolute atomic E-state index is 13.1. The van der Waals surface area contributed by atoms with Gasteiger partial charge in [-0.3, -0.25) is 4.90 Å². The van der Waals surface area contributed by atoms with Gasteiger partial charge in [0.1, 0.15) is 5.82 Å². The summed E-state index contributed by atoms with van der Waals surface area (Å²) in [7, 11) is 0. The van der Waals surface area contributed by atoms with Gasteiger partial charge in [-0.05, 0) is 23.3 Å². The molecule has 2 atom stereocenters. The molecule has 2 aromatic rings. The van der Waals surface area contributed by atoms with Crippen LogP contribution in [0.4, 0.5) is 4.39 Å². The highest BCUT2D eigenvalue weighted by molar-refractivity contribution is 5.22. The number of halogens is 1. The Hall–Kier alpha value is -1.75. The van der Waals surface area contributed by atoms with Gasteiger partial charge < -0.3 is 9.84 Å². The van der Waals surface area contributed by atoms with Crippen LogP contribution < -0.4 is 0 Å². The number of hydrogen-bond donors (Lipinski definition) is 1. The highest BCUT2D eigenvalue weighted by atomic mass is 19.1. The van der Waals surface area contributed by atoms with Gasteiger partial charge in [0.2, 0.25) is 0 Å². The largest absolute Gasteiger partial charge is 0.366 e. The molecule has 21 heavy (non-hydrogen) atoms. The fourth-order valence-corrected chi connectivity index (χ4v) is 2.73. The van der Waals surface area contributed by atoms with Crippen molar-refractivity contribution in [1.82, 2.24) is 4.90 Å². The number of nitrogens with zero attached hydrogens (tertiary/aromatic N) is 1. The van der Waals surface area contributed by atoms with Crippen molar-refractivity contribution in [3.8, 4) is 0 Å². The number of hydrogen-bond acceptors (Lipinski definition) is 3. The highest BCUT2D eigenvalue weighted by Gasteiger charge is 2.32. The van der Waals surface area contributed by atoms with Gasteiger partial charge in [0.15, 0.2) is 6.29 Å². The zero-order valence-corrected chi connectivity index (χ0v) is 11.7. The number of benzene rings is 2. The average molecular weight is 287 g/mol. The molecule has 1 N–H and O–H groups in total. The Balaban J connectivity index is 1.84. The molecular formula is C17H18FNO2. The molecule has 0 amide bonds. The summed E-state index contributed by atoms with van der Waals surface area (Å²) in [6.45, 7) is 1.95. The Morgan fingerprint density at radius 3 is 2.52 bits per heavy atom. The van der Waals surface area contributed by atoms with Gasteiger partial charge in [-0.15, -0.1) is 0 Å². The molecule has 0 aliphatic carbocycles. The fourth-order valence-electron chi connectivity index (χ4n) is 2.73. The minimum absolute atomic E-state index is 0.278. The molecule has 1 aliphatic rings. The molecule has 2 aromatic carbocycles. The Kier molecular flexibility index (Phi) is 4.29. The van der Waals surface area contributed by atoms with Crippen LogP contribution in [0.25, 0.3) is 0 Å². The first kappa shape index (κ1) is 14.2. The molecule has 0 aromatic heterocycles. The summed E-state index contributed by atoms with van der Waals surface area (Å²) in [4.78, 5) is 2.16. The molecular weight excluding hydrogens is 269 g/mol. The minimum Gasteiger partial charge on any atom is -0.366 e. The molecule has 1 aliphatic heterocycles. The number of morpholine rings is 1. The molecule has 0 spiro atoms. The van der Waals surface area contributed by atoms with Gasteiger partial charge in [-0.2, -0.15) is 0 Å². The van der Waals surface area contributed by atoms with E-state index in [2.05, 4.69) is 17.0 Å². The number of aliphatic hydroxyl groups excluding tert-OH is 1. The van der Waals surface area contributed by atoms with Crippen LogP contribution in [0.5, 0.6) is 0 Å². The predicted molar refractivity (Wildman–Crippen MR) is 78.0 cm³/mol. The van der Waals surface area contributed by atoms with E-state index in [-0.39, 0.29) is 11.9 Å². The second kappa shape index (κ2) is 6.35. The summed E-state index contributed by atoms with van der Waals surface area (Å²) in [5, 5.41) is 10.2. The van der Waals surface area contributed by atoms with Gasteiger partial charge in [0.05, 0.1) is 12.6 Å². The summed E-state index contributed by atoms with van der Waals surface area (Å²) in [6.07, 6.45) is -0.895. The normalized spacial score (nSPS) is 23.1. The van der Waals surface area contributed by atoms with E-state index in [9.17, 15) is 9.50 Å². The molecule has 1 unspecified atom stereocenters. The predicted octanol–water partition coefficient (Wildman–Crippen LogP) is 2.72. The summed E-state index contributed by atoms with van der Waals surface area (Å²) in [5.41, 5.74) is 2.04. The third-order valence-corrected chi connectivity index (χ3v) is 3.77. The molecule has 0 bridgehead atoms. The van der Waals surface area contributed by atoms with Crippen molar-refractivity contribution in [2.75, 3.05) is 13.2 Å². The van der Waals surface area contributed by atoms with E-state index in [1.165, 1.54) is 17.7 Å². The van der Waals surface area contributed by atoms with Crippen LogP contribution >= 0.6 is 0 Å². The van der Waals surface area contributed by atoms with Crippen LogP contribution in [0.3, 0.4) is 0 Å². The minimum atomic E-state index is -0.895. The summed E-state index contributed by atoms with van der Waals surface area (Å²) < 4.78 is 18.5. The van der Waals surface area contributed by atoms with E-state index in [1.54, 1.807) is 12.1 Å². The van der Waals surface area contributed by atoms with Crippen LogP contribution in [0.15, 0.2) is 54.6 Å². The summed E-state index contributed by atoms with van der Waals surface area (Å²) >= 11 is 0. The van der Waals surface area contributed by atoms with Crippen LogP contribution in [-0.2, 0) is 11.3 Å². The van der Waals surface area contributed by atoms with Crippen LogP contribution in [-0.4, -0.2) is 29.4 Å². The lowest BCUT2D eigenvalue weighted by atomic mass is 10.0. The Bertz CT molecular complexity index is 573. The topological polar surface area (TPSA) is 32.7 Å². The smallest absolute Gasteiger partial charge is 0.174 e. The number of ether oxygens (including phenoxy) is 1. The van der Waals surface area contributed by atoms with E-state index < -0.39 is 6.29 Å². The lowest BCUT2D eigenvalue weighted by Crippen LogP contribution is -2.44. The van der Waals surface area contributed by atoms with E-state index in [0.29, 0.717) is 6.61 Å². The fraction of sp³-hybridized carbons (Fsp3) is 0.294. The van der Waals surface area contributed by atoms with Crippen molar-refractivity contribution in [2.24, 2.45) is 0 Å². The Labute approximate surface area is 123 Å². The maximum atomic E-state index is 13.1. The van der Waals surface area contributed by atoms with Crippen LogP contribution in [0, 0.1) is 5.82 Å². The second-order valence-electron chi connectivity index (χ2n) is 5.21. The zero-order valence-electron chi connectivity index (χ0n) is 11.7. The first-order valence-corrected chi connectivity index (χ1v) is 7.07. The van der Waals surface area contributed by atoms with Gasteiger partial charge >= 0.3 is 0 Å². The molecule has 1 saturated heterocycles. The van der Waals surface area contributed by atoms with E-state index in [0.717, 1.165) is 18.7 Å². The van der Waals surface area contributed by atoms with Crippen molar-refractivity contribution in [2.45, 2.75) is 18.9 Å². The van der Waals surface area contributed by atoms with Crippen molar-refractivity contribution >= 4 is 0 Å². The lowest BCUT2D eigenvalue weighted by Gasteiger charge is -2.39. The summed E-state index contributed by atoms with van der Waals surface area (Å²) in [6, 6.07) is 16.1. The number of rotatable bonds is 3. The second-order valence-corrected chi connectivity index (χ2v) is 5.21. The van der Waals surface area contributed by atoms with Gasteiger partial charge in [-0.25, -0.2) is 4.39 Å². The third-order valence-electron chi connectivity index (χ3n) is 3.77. The zero-order chi connectivity index (χ0) is 14.7. The molecule has 3 rings (SSSR count). The monoisotopic (exact) mass is 287 g/mol. The van der Waals surface area contributed by atoms with E-state index >= 15 is 0 Å². The standard InChI is InChI=1S/C17H18FNO2/c18-15-8-6-14(7-9-15)16-17(20)21-11-10-19(16)12-13-4-2-1-3-5-13/h1-9,16-17,20H,10-12H2/t16-,17?/m0/s1. The van der Waals surface area contributed by atoms with E-state index in [4.69, 9.17) is 4.74 Å². The number of aliphatic hydroxyl groups is 1. The molecule has 3 nitrogen and oxygen atoms in total. The van der Waals surface area contributed by atoms with Crippen LogP contribution in [0.1, 0.15) is 17.2 Å². The Morgan fingerprint density at radius 1 is 1.10 bits per heavy atom. The van der Waals surface area contributed by atoms with Crippen molar-refractivity contribution in [3.05, 3.63) is 71.5 Å². The van der Waals surface area contributed by atoms with Gasteiger partial charge in [-0.1, -0.05) is 42.5 Å². The first-order valence-electron chi connectivity index (χ1n) is 7.07. The molecule has 110 valence electrons. The van der Waals surface area contributed by atoms with E-state index in [1.807, 2.05) is 18.2 Å². The van der Waals surface area contributed by atoms with Crippen LogP contribution in [0.2, 0.25) is 0 Å². The maximum Gasteiger partial charge on any atom is 0.174 e. The highest BCUT2D eigenvalue weighted by Crippen LogP contribution is 2.29. The SMILES string of the molecule is OC1OCCN(Cc2ccccc2)[C@H]1c1ccc(F)cc1. The Morgan fingerprint density at radius 2 is 1.81 bits per heavy atom. The lowest BCUT2D eigenvalue weighted by molar-refractivity contribution is -0.184. The molecule has 0 radical (unpaired) electrons.